The molecule has 3 rings (SSSR count). The fourth-order valence-corrected chi connectivity index (χ4v) is 4.46. The highest BCUT2D eigenvalue weighted by Crippen LogP contribution is 2.26. The third-order valence-electron chi connectivity index (χ3n) is 4.73. The van der Waals surface area contributed by atoms with Gasteiger partial charge in [0.25, 0.3) is 0 Å². The van der Waals surface area contributed by atoms with E-state index in [4.69, 9.17) is 70.8 Å². The lowest BCUT2D eigenvalue weighted by molar-refractivity contribution is 0.186. The normalized spacial score (nSPS) is 14.3. The van der Waals surface area contributed by atoms with E-state index in [9.17, 15) is 0 Å². The van der Waals surface area contributed by atoms with Crippen LogP contribution < -0.4 is 16.0 Å². The van der Waals surface area contributed by atoms with Crippen molar-refractivity contribution in [1.82, 2.24) is 15.1 Å². The quantitative estimate of drug-likeness (QED) is 0.429. The molecule has 11 heteroatoms. The van der Waals surface area contributed by atoms with E-state index in [2.05, 4.69) is 25.8 Å². The Bertz CT molecular complexity index is 948. The molecule has 0 amide bonds. The molecule has 0 unspecified atom stereocenters. The average Bonchev–Trinajstić information content (AvgIpc) is 2.72. The summed E-state index contributed by atoms with van der Waals surface area (Å²) in [6, 6.07) is 10.5. The smallest absolute Gasteiger partial charge is 0.173 e. The third-order valence-corrected chi connectivity index (χ3v) is 6.43. The molecule has 5 nitrogen and oxygen atoms in total. The Kier molecular flexibility index (Phi) is 9.28. The molecule has 1 fully saturated rings. The second-order valence-electron chi connectivity index (χ2n) is 6.89. The van der Waals surface area contributed by atoms with E-state index in [1.54, 1.807) is 30.3 Å². The van der Waals surface area contributed by atoms with Gasteiger partial charge in [0, 0.05) is 49.3 Å². The fraction of sp³-hybridized carbons (Fsp3) is 0.300. The van der Waals surface area contributed by atoms with Gasteiger partial charge < -0.3 is 20.9 Å². The summed E-state index contributed by atoms with van der Waals surface area (Å²) in [6.07, 6.45) is 0. The zero-order valence-electron chi connectivity index (χ0n) is 16.4. The minimum Gasteiger partial charge on any atom is -0.361 e. The molecular formula is C20H21Cl4N5S2. The van der Waals surface area contributed by atoms with E-state index in [0.717, 1.165) is 50.6 Å². The van der Waals surface area contributed by atoms with Crippen molar-refractivity contribution in [2.24, 2.45) is 0 Å². The van der Waals surface area contributed by atoms with Crippen molar-refractivity contribution >= 4 is 92.4 Å². The molecule has 0 atom stereocenters. The molecule has 2 aromatic carbocycles. The number of nitrogens with zero attached hydrogens (tertiary/aromatic N) is 2. The maximum Gasteiger partial charge on any atom is 0.173 e. The Hall–Kier alpha value is -1.06. The Labute approximate surface area is 213 Å². The monoisotopic (exact) mass is 535 g/mol. The first kappa shape index (κ1) is 24.6. The molecule has 0 saturated carbocycles. The van der Waals surface area contributed by atoms with Gasteiger partial charge in [-0.05, 0) is 60.8 Å². The fourth-order valence-electron chi connectivity index (χ4n) is 3.04. The number of piperazine rings is 1. The van der Waals surface area contributed by atoms with E-state index >= 15 is 0 Å². The van der Waals surface area contributed by atoms with Gasteiger partial charge in [0.15, 0.2) is 10.2 Å². The first-order valence-corrected chi connectivity index (χ1v) is 11.9. The van der Waals surface area contributed by atoms with Crippen LogP contribution in [0.4, 0.5) is 11.4 Å². The highest BCUT2D eigenvalue weighted by atomic mass is 35.5. The second-order valence-corrected chi connectivity index (χ2v) is 9.37. The predicted octanol–water partition coefficient (Wildman–Crippen LogP) is 5.60. The van der Waals surface area contributed by atoms with Gasteiger partial charge in [0.1, 0.15) is 0 Å². The molecule has 166 valence electrons. The summed E-state index contributed by atoms with van der Waals surface area (Å²) >= 11 is 35.1. The van der Waals surface area contributed by atoms with Gasteiger partial charge in [-0.1, -0.05) is 46.4 Å². The van der Waals surface area contributed by atoms with E-state index in [0.29, 0.717) is 30.3 Å². The van der Waals surface area contributed by atoms with Gasteiger partial charge in [0.2, 0.25) is 0 Å². The number of rotatable bonds is 5. The summed E-state index contributed by atoms with van der Waals surface area (Å²) in [5.41, 5.74) is 1.48. The van der Waals surface area contributed by atoms with Crippen molar-refractivity contribution in [3.63, 3.8) is 0 Å². The molecule has 1 aliphatic heterocycles. The minimum absolute atomic E-state index is 0.521. The van der Waals surface area contributed by atoms with Gasteiger partial charge in [-0.3, -0.25) is 4.90 Å². The van der Waals surface area contributed by atoms with Crippen LogP contribution in [0.3, 0.4) is 0 Å². The van der Waals surface area contributed by atoms with Gasteiger partial charge in [-0.25, -0.2) is 0 Å². The van der Waals surface area contributed by atoms with Crippen LogP contribution >= 0.6 is 70.8 Å². The van der Waals surface area contributed by atoms with Crippen molar-refractivity contribution in [3.8, 4) is 0 Å². The maximum atomic E-state index is 6.22. The lowest BCUT2D eigenvalue weighted by Crippen LogP contribution is -2.51. The van der Waals surface area contributed by atoms with E-state index in [1.165, 1.54) is 0 Å². The molecule has 2 aromatic rings. The molecule has 0 aromatic heterocycles. The summed E-state index contributed by atoms with van der Waals surface area (Å²) in [7, 11) is 0. The zero-order chi connectivity index (χ0) is 22.4. The molecule has 3 N–H and O–H groups in total. The first-order valence-electron chi connectivity index (χ1n) is 9.55. The largest absolute Gasteiger partial charge is 0.361 e. The molecule has 1 saturated heterocycles. The molecule has 0 radical (unpaired) electrons. The van der Waals surface area contributed by atoms with Crippen LogP contribution in [0.25, 0.3) is 0 Å². The average molecular weight is 537 g/mol. The highest BCUT2D eigenvalue weighted by molar-refractivity contribution is 7.80. The number of halogens is 4. The van der Waals surface area contributed by atoms with Gasteiger partial charge >= 0.3 is 0 Å². The lowest BCUT2D eigenvalue weighted by atomic mass is 10.3. The van der Waals surface area contributed by atoms with E-state index < -0.39 is 0 Å². The van der Waals surface area contributed by atoms with Crippen LogP contribution in [0.5, 0.6) is 0 Å². The first-order chi connectivity index (χ1) is 14.8. The molecule has 0 bridgehead atoms. The van der Waals surface area contributed by atoms with Crippen molar-refractivity contribution in [2.45, 2.75) is 0 Å². The van der Waals surface area contributed by atoms with Crippen LogP contribution in [0.15, 0.2) is 36.4 Å². The SMILES string of the molecule is S=C(NCCN1CCN(C(=S)Nc2ccc(Cl)cc2Cl)CC1)Nc1ccc(Cl)cc1Cl. The maximum absolute atomic E-state index is 6.22. The number of hydrogen-bond donors (Lipinski definition) is 3. The molecule has 31 heavy (non-hydrogen) atoms. The molecule has 1 aliphatic rings. The molecular weight excluding hydrogens is 516 g/mol. The Morgan fingerprint density at radius 3 is 1.90 bits per heavy atom. The van der Waals surface area contributed by atoms with Crippen molar-refractivity contribution in [3.05, 3.63) is 56.5 Å². The van der Waals surface area contributed by atoms with Gasteiger partial charge in [0.05, 0.1) is 21.4 Å². The summed E-state index contributed by atoms with van der Waals surface area (Å²) in [5, 5.41) is 12.9. The van der Waals surface area contributed by atoms with Crippen molar-refractivity contribution < 1.29 is 0 Å². The lowest BCUT2D eigenvalue weighted by Gasteiger charge is -2.36. The molecule has 1 heterocycles. The number of benzene rings is 2. The predicted molar refractivity (Wildman–Crippen MR) is 141 cm³/mol. The number of nitrogens with one attached hydrogen (secondary N) is 3. The van der Waals surface area contributed by atoms with E-state index in [-0.39, 0.29) is 0 Å². The summed E-state index contributed by atoms with van der Waals surface area (Å²) in [5.74, 6) is 0. The van der Waals surface area contributed by atoms with E-state index in [1.807, 2.05) is 6.07 Å². The summed E-state index contributed by atoms with van der Waals surface area (Å²) in [6.45, 7) is 5.07. The zero-order valence-corrected chi connectivity index (χ0v) is 21.1. The Balaban J connectivity index is 1.37. The summed E-state index contributed by atoms with van der Waals surface area (Å²) in [4.78, 5) is 4.50. The Morgan fingerprint density at radius 2 is 1.35 bits per heavy atom. The number of hydrogen-bond acceptors (Lipinski definition) is 3. The topological polar surface area (TPSA) is 42.6 Å². The van der Waals surface area contributed by atoms with Crippen LogP contribution in [0.2, 0.25) is 20.1 Å². The van der Waals surface area contributed by atoms with Crippen molar-refractivity contribution in [2.75, 3.05) is 49.9 Å². The molecule has 0 spiro atoms. The highest BCUT2D eigenvalue weighted by Gasteiger charge is 2.19. The van der Waals surface area contributed by atoms with Crippen LogP contribution in [-0.2, 0) is 0 Å². The number of thiocarbonyl (C=S) groups is 2. The second kappa shape index (κ2) is 11.7. The number of anilines is 2. The van der Waals surface area contributed by atoms with Crippen molar-refractivity contribution in [1.29, 1.82) is 0 Å². The van der Waals surface area contributed by atoms with Crippen LogP contribution in [-0.4, -0.2) is 59.3 Å². The standard InChI is InChI=1S/C20H21Cl4N5S2/c21-13-1-3-17(15(23)11-13)26-19(30)25-5-6-28-7-9-29(10-8-28)20(31)27-18-4-2-14(22)12-16(18)24/h1-4,11-12H,5-10H2,(H,27,31)(H2,25,26,30). The van der Waals surface area contributed by atoms with Gasteiger partial charge in [-0.15, -0.1) is 0 Å². The minimum atomic E-state index is 0.521. The third kappa shape index (κ3) is 7.49. The Morgan fingerprint density at radius 1 is 0.806 bits per heavy atom. The van der Waals surface area contributed by atoms with Crippen LogP contribution in [0.1, 0.15) is 0 Å². The summed E-state index contributed by atoms with van der Waals surface area (Å²) < 4.78 is 0. The van der Waals surface area contributed by atoms with Crippen LogP contribution in [0, 0.1) is 0 Å². The van der Waals surface area contributed by atoms with Gasteiger partial charge in [-0.2, -0.15) is 0 Å². The molecule has 0 aliphatic carbocycles.